The minimum atomic E-state index is -0.469. The highest BCUT2D eigenvalue weighted by Crippen LogP contribution is 2.17. The zero-order valence-electron chi connectivity index (χ0n) is 16.8. The summed E-state index contributed by atoms with van der Waals surface area (Å²) in [5.41, 5.74) is 0.764. The molecule has 1 N–H and O–H groups in total. The van der Waals surface area contributed by atoms with Crippen LogP contribution in [0.1, 0.15) is 49.9 Å². The Bertz CT molecular complexity index is 751. The Labute approximate surface area is 169 Å². The summed E-state index contributed by atoms with van der Waals surface area (Å²) in [5.74, 6) is -1.02. The lowest BCUT2D eigenvalue weighted by atomic mass is 10.2. The Hall–Kier alpha value is -3.10. The number of carbonyl (C=O) groups excluding carboxylic acids is 4. The highest BCUT2D eigenvalue weighted by molar-refractivity contribution is 5.94. The number of ether oxygens (including phenoxy) is 2. The molecule has 1 saturated heterocycles. The molecule has 0 saturated carbocycles. The van der Waals surface area contributed by atoms with Crippen LogP contribution < -0.4 is 5.32 Å². The number of amides is 3. The van der Waals surface area contributed by atoms with Gasteiger partial charge in [-0.15, -0.1) is 0 Å². The SMILES string of the molecule is CCOC(=O)CCCC(=O)N1CCCN1C(=O)Nc1cccc(C(=O)OCC)c1. The summed E-state index contributed by atoms with van der Waals surface area (Å²) in [4.78, 5) is 48.3. The van der Waals surface area contributed by atoms with Crippen LogP contribution in [0.3, 0.4) is 0 Å². The molecule has 0 aliphatic carbocycles. The van der Waals surface area contributed by atoms with E-state index in [1.165, 1.54) is 16.1 Å². The largest absolute Gasteiger partial charge is 0.466 e. The summed E-state index contributed by atoms with van der Waals surface area (Å²) in [6.45, 7) is 4.86. The molecule has 1 aromatic carbocycles. The average molecular weight is 405 g/mol. The molecule has 0 atom stereocenters. The number of esters is 2. The number of hydrazine groups is 1. The molecule has 1 aliphatic heterocycles. The van der Waals surface area contributed by atoms with Gasteiger partial charge in [0.25, 0.3) is 0 Å². The molecule has 0 unspecified atom stereocenters. The van der Waals surface area contributed by atoms with Gasteiger partial charge < -0.3 is 14.8 Å². The number of hydrogen-bond acceptors (Lipinski definition) is 6. The van der Waals surface area contributed by atoms with Gasteiger partial charge in [-0.1, -0.05) is 6.07 Å². The van der Waals surface area contributed by atoms with Crippen molar-refractivity contribution >= 4 is 29.6 Å². The van der Waals surface area contributed by atoms with Crippen LogP contribution in [0, 0.1) is 0 Å². The summed E-state index contributed by atoms with van der Waals surface area (Å²) in [6, 6.07) is 5.97. The number of anilines is 1. The fourth-order valence-electron chi connectivity index (χ4n) is 2.95. The summed E-state index contributed by atoms with van der Waals surface area (Å²) in [5, 5.41) is 5.46. The second kappa shape index (κ2) is 11.0. The first-order chi connectivity index (χ1) is 14.0. The van der Waals surface area contributed by atoms with E-state index < -0.39 is 12.0 Å². The molecule has 3 amide bonds. The normalized spacial score (nSPS) is 13.2. The van der Waals surface area contributed by atoms with Crippen LogP contribution in [0.5, 0.6) is 0 Å². The van der Waals surface area contributed by atoms with E-state index in [9.17, 15) is 19.2 Å². The van der Waals surface area contributed by atoms with Crippen molar-refractivity contribution in [1.29, 1.82) is 0 Å². The van der Waals surface area contributed by atoms with Crippen molar-refractivity contribution in [3.8, 4) is 0 Å². The third-order valence-corrected chi connectivity index (χ3v) is 4.26. The number of nitrogens with zero attached hydrogens (tertiary/aromatic N) is 2. The van der Waals surface area contributed by atoms with E-state index >= 15 is 0 Å². The highest BCUT2D eigenvalue weighted by atomic mass is 16.5. The van der Waals surface area contributed by atoms with Crippen molar-refractivity contribution in [2.24, 2.45) is 0 Å². The average Bonchev–Trinajstić information content (AvgIpc) is 3.19. The predicted molar refractivity (Wildman–Crippen MR) is 105 cm³/mol. The Morgan fingerprint density at radius 3 is 2.45 bits per heavy atom. The van der Waals surface area contributed by atoms with Crippen molar-refractivity contribution in [3.05, 3.63) is 29.8 Å². The molecule has 2 rings (SSSR count). The molecule has 158 valence electrons. The minimum Gasteiger partial charge on any atom is -0.466 e. The number of nitrogens with one attached hydrogen (secondary N) is 1. The minimum absolute atomic E-state index is 0.154. The molecule has 9 nitrogen and oxygen atoms in total. The van der Waals surface area contributed by atoms with Crippen molar-refractivity contribution in [3.63, 3.8) is 0 Å². The van der Waals surface area contributed by atoms with Gasteiger partial charge in [0.1, 0.15) is 0 Å². The summed E-state index contributed by atoms with van der Waals surface area (Å²) in [7, 11) is 0. The second-order valence-electron chi connectivity index (χ2n) is 6.38. The third-order valence-electron chi connectivity index (χ3n) is 4.26. The zero-order chi connectivity index (χ0) is 21.2. The zero-order valence-corrected chi connectivity index (χ0v) is 16.8. The lowest BCUT2D eigenvalue weighted by Gasteiger charge is -2.28. The maximum atomic E-state index is 12.6. The van der Waals surface area contributed by atoms with Gasteiger partial charge in [0.15, 0.2) is 0 Å². The van der Waals surface area contributed by atoms with E-state index in [0.29, 0.717) is 43.8 Å². The number of carbonyl (C=O) groups is 4. The molecule has 29 heavy (non-hydrogen) atoms. The van der Waals surface area contributed by atoms with Gasteiger partial charge >= 0.3 is 18.0 Å². The molecule has 0 bridgehead atoms. The maximum absolute atomic E-state index is 12.6. The Morgan fingerprint density at radius 1 is 1.00 bits per heavy atom. The van der Waals surface area contributed by atoms with Gasteiger partial charge in [0, 0.05) is 31.6 Å². The molecule has 1 heterocycles. The van der Waals surface area contributed by atoms with Crippen LogP contribution in [0.15, 0.2) is 24.3 Å². The van der Waals surface area contributed by atoms with E-state index in [4.69, 9.17) is 9.47 Å². The number of hydrogen-bond donors (Lipinski definition) is 1. The van der Waals surface area contributed by atoms with Crippen molar-refractivity contribution in [2.75, 3.05) is 31.6 Å². The van der Waals surface area contributed by atoms with E-state index in [1.807, 2.05) is 0 Å². The third kappa shape index (κ3) is 6.48. The van der Waals surface area contributed by atoms with Crippen LogP contribution in [-0.4, -0.2) is 60.2 Å². The molecule has 9 heteroatoms. The number of urea groups is 1. The lowest BCUT2D eigenvalue weighted by molar-refractivity contribution is -0.144. The van der Waals surface area contributed by atoms with Gasteiger partial charge in [0.2, 0.25) is 5.91 Å². The standard InChI is InChI=1S/C20H27N3O6/c1-3-28-18(25)11-6-10-17(24)22-12-7-13-23(22)20(27)21-16-9-5-8-15(14-16)19(26)29-4-2/h5,8-9,14H,3-4,6-7,10-13H2,1-2H3,(H,21,27). The smallest absolute Gasteiger partial charge is 0.340 e. The molecular weight excluding hydrogens is 378 g/mol. The predicted octanol–water partition coefficient (Wildman–Crippen LogP) is 2.58. The van der Waals surface area contributed by atoms with Crippen molar-refractivity contribution in [1.82, 2.24) is 10.0 Å². The number of benzene rings is 1. The quantitative estimate of drug-likeness (QED) is 0.667. The second-order valence-corrected chi connectivity index (χ2v) is 6.38. The fraction of sp³-hybridized carbons (Fsp3) is 0.500. The van der Waals surface area contributed by atoms with Crippen molar-refractivity contribution < 1.29 is 28.7 Å². The van der Waals surface area contributed by atoms with Crippen LogP contribution in [0.4, 0.5) is 10.5 Å². The summed E-state index contributed by atoms with van der Waals surface area (Å²) in [6.07, 6.45) is 1.35. The van der Waals surface area contributed by atoms with E-state index in [-0.39, 0.29) is 31.3 Å². The first kappa shape index (κ1) is 22.2. The van der Waals surface area contributed by atoms with Crippen LogP contribution in [-0.2, 0) is 19.1 Å². The fourth-order valence-corrected chi connectivity index (χ4v) is 2.95. The topological polar surface area (TPSA) is 105 Å². The number of rotatable bonds is 8. The monoisotopic (exact) mass is 405 g/mol. The van der Waals surface area contributed by atoms with E-state index in [0.717, 1.165) is 0 Å². The molecule has 1 aromatic rings. The molecule has 0 spiro atoms. The van der Waals surface area contributed by atoms with E-state index in [1.54, 1.807) is 32.0 Å². The molecule has 1 fully saturated rings. The lowest BCUT2D eigenvalue weighted by Crippen LogP contribution is -2.46. The van der Waals surface area contributed by atoms with Crippen LogP contribution >= 0.6 is 0 Å². The first-order valence-corrected chi connectivity index (χ1v) is 9.77. The summed E-state index contributed by atoms with van der Waals surface area (Å²) < 4.78 is 9.80. The first-order valence-electron chi connectivity index (χ1n) is 9.77. The van der Waals surface area contributed by atoms with Crippen molar-refractivity contribution in [2.45, 2.75) is 39.5 Å². The Morgan fingerprint density at radius 2 is 1.72 bits per heavy atom. The van der Waals surface area contributed by atoms with Gasteiger partial charge in [0.05, 0.1) is 18.8 Å². The van der Waals surface area contributed by atoms with Gasteiger partial charge in [-0.05, 0) is 44.9 Å². The van der Waals surface area contributed by atoms with Crippen LogP contribution in [0.25, 0.3) is 0 Å². The highest BCUT2D eigenvalue weighted by Gasteiger charge is 2.30. The molecule has 1 aliphatic rings. The summed E-state index contributed by atoms with van der Waals surface area (Å²) >= 11 is 0. The van der Waals surface area contributed by atoms with Gasteiger partial charge in [-0.3, -0.25) is 14.6 Å². The van der Waals surface area contributed by atoms with Gasteiger partial charge in [-0.2, -0.15) is 0 Å². The maximum Gasteiger partial charge on any atom is 0.340 e. The van der Waals surface area contributed by atoms with Crippen LogP contribution in [0.2, 0.25) is 0 Å². The molecule has 0 radical (unpaired) electrons. The molecular formula is C20H27N3O6. The molecule has 0 aromatic heterocycles. The Kier molecular flexibility index (Phi) is 8.45. The van der Waals surface area contributed by atoms with Gasteiger partial charge in [-0.25, -0.2) is 14.6 Å². The Balaban J connectivity index is 1.92. The van der Waals surface area contributed by atoms with E-state index in [2.05, 4.69) is 5.32 Å².